The fourth-order valence-electron chi connectivity index (χ4n) is 1.92. The quantitative estimate of drug-likeness (QED) is 0.577. The van der Waals surface area contributed by atoms with Crippen LogP contribution < -0.4 is 10.1 Å². The maximum atomic E-state index is 12.3. The molecule has 0 radical (unpaired) electrons. The normalized spacial score (nSPS) is 10.1. The van der Waals surface area contributed by atoms with Crippen LogP contribution in [0.1, 0.15) is 23.2 Å². The standard InChI is InChI=1S/C17H17BrN2O4/c1-23-15(21)8-4-9-19-16(22)14-7-3-10-20-17(14)24-13-6-2-5-12(18)11-13/h2-3,5-7,10-11H,4,8-9H2,1H3,(H,19,22). The van der Waals surface area contributed by atoms with Crippen molar-refractivity contribution in [1.82, 2.24) is 10.3 Å². The highest BCUT2D eigenvalue weighted by molar-refractivity contribution is 9.10. The maximum Gasteiger partial charge on any atom is 0.305 e. The summed E-state index contributed by atoms with van der Waals surface area (Å²) in [7, 11) is 1.34. The van der Waals surface area contributed by atoms with Crippen molar-refractivity contribution in [2.45, 2.75) is 12.8 Å². The fraction of sp³-hybridized carbons (Fsp3) is 0.235. The molecule has 126 valence electrons. The van der Waals surface area contributed by atoms with Crippen molar-refractivity contribution >= 4 is 27.8 Å². The molecule has 0 aliphatic heterocycles. The summed E-state index contributed by atoms with van der Waals surface area (Å²) in [6.45, 7) is 0.360. The predicted octanol–water partition coefficient (Wildman–Crippen LogP) is 3.32. The van der Waals surface area contributed by atoms with E-state index in [0.29, 0.717) is 24.3 Å². The first-order valence-corrected chi connectivity index (χ1v) is 8.13. The second-order valence-electron chi connectivity index (χ2n) is 4.85. The van der Waals surface area contributed by atoms with Gasteiger partial charge in [-0.3, -0.25) is 9.59 Å². The minimum atomic E-state index is -0.307. The van der Waals surface area contributed by atoms with E-state index in [-0.39, 0.29) is 24.2 Å². The number of aromatic nitrogens is 1. The molecule has 1 aromatic carbocycles. The number of nitrogens with one attached hydrogen (secondary N) is 1. The molecule has 0 aliphatic carbocycles. The number of methoxy groups -OCH3 is 1. The number of ether oxygens (including phenoxy) is 2. The molecule has 1 amide bonds. The zero-order valence-electron chi connectivity index (χ0n) is 13.1. The first-order chi connectivity index (χ1) is 11.6. The van der Waals surface area contributed by atoms with Crippen LogP contribution in [-0.2, 0) is 9.53 Å². The summed E-state index contributed by atoms with van der Waals surface area (Å²) in [5.74, 6) is 0.186. The molecule has 24 heavy (non-hydrogen) atoms. The van der Waals surface area contributed by atoms with E-state index in [4.69, 9.17) is 4.74 Å². The van der Waals surface area contributed by atoms with Gasteiger partial charge in [-0.2, -0.15) is 0 Å². The van der Waals surface area contributed by atoms with Crippen LogP contribution in [-0.4, -0.2) is 30.5 Å². The highest BCUT2D eigenvalue weighted by Crippen LogP contribution is 2.25. The minimum Gasteiger partial charge on any atom is -0.469 e. The van der Waals surface area contributed by atoms with Gasteiger partial charge in [0.15, 0.2) is 0 Å². The molecule has 0 saturated heterocycles. The van der Waals surface area contributed by atoms with Gasteiger partial charge in [-0.1, -0.05) is 22.0 Å². The summed E-state index contributed by atoms with van der Waals surface area (Å²) in [5, 5.41) is 2.74. The van der Waals surface area contributed by atoms with E-state index in [9.17, 15) is 9.59 Å². The molecule has 0 spiro atoms. The molecule has 1 heterocycles. The van der Waals surface area contributed by atoms with E-state index < -0.39 is 0 Å². The van der Waals surface area contributed by atoms with Crippen molar-refractivity contribution in [3.8, 4) is 11.6 Å². The molecule has 0 aliphatic rings. The second kappa shape index (κ2) is 9.02. The smallest absolute Gasteiger partial charge is 0.305 e. The van der Waals surface area contributed by atoms with Crippen LogP contribution in [0.4, 0.5) is 0 Å². The Balaban J connectivity index is 2.00. The Bertz CT molecular complexity index is 721. The topological polar surface area (TPSA) is 77.5 Å². The van der Waals surface area contributed by atoms with Gasteiger partial charge in [0.2, 0.25) is 5.88 Å². The van der Waals surface area contributed by atoms with Gasteiger partial charge in [-0.05, 0) is 36.8 Å². The summed E-state index contributed by atoms with van der Waals surface area (Å²) >= 11 is 3.37. The van der Waals surface area contributed by atoms with Gasteiger partial charge in [0.1, 0.15) is 11.3 Å². The van der Waals surface area contributed by atoms with Crippen molar-refractivity contribution in [3.05, 3.63) is 52.6 Å². The van der Waals surface area contributed by atoms with Crippen LogP contribution in [0.15, 0.2) is 47.1 Å². The molecule has 1 aromatic heterocycles. The largest absolute Gasteiger partial charge is 0.469 e. The number of rotatable bonds is 7. The van der Waals surface area contributed by atoms with Gasteiger partial charge in [-0.15, -0.1) is 0 Å². The highest BCUT2D eigenvalue weighted by atomic mass is 79.9. The lowest BCUT2D eigenvalue weighted by Crippen LogP contribution is -2.25. The van der Waals surface area contributed by atoms with Gasteiger partial charge >= 0.3 is 5.97 Å². The number of nitrogens with zero attached hydrogens (tertiary/aromatic N) is 1. The number of halogens is 1. The average molecular weight is 393 g/mol. The van der Waals surface area contributed by atoms with Crippen LogP contribution >= 0.6 is 15.9 Å². The Hall–Kier alpha value is -2.41. The number of amides is 1. The van der Waals surface area contributed by atoms with E-state index >= 15 is 0 Å². The summed E-state index contributed by atoms with van der Waals surface area (Å²) < 4.78 is 11.1. The zero-order valence-corrected chi connectivity index (χ0v) is 14.7. The van der Waals surface area contributed by atoms with Gasteiger partial charge in [-0.25, -0.2) is 4.98 Å². The Labute approximate surface area is 148 Å². The van der Waals surface area contributed by atoms with E-state index in [2.05, 4.69) is 31.0 Å². The lowest BCUT2D eigenvalue weighted by Gasteiger charge is -2.10. The van der Waals surface area contributed by atoms with Crippen LogP contribution in [0.5, 0.6) is 11.6 Å². The highest BCUT2D eigenvalue weighted by Gasteiger charge is 2.14. The maximum absolute atomic E-state index is 12.3. The van der Waals surface area contributed by atoms with Crippen molar-refractivity contribution < 1.29 is 19.1 Å². The van der Waals surface area contributed by atoms with Crippen LogP contribution in [0.25, 0.3) is 0 Å². The molecule has 0 fully saturated rings. The Morgan fingerprint density at radius 3 is 2.83 bits per heavy atom. The number of hydrogen-bond donors (Lipinski definition) is 1. The zero-order chi connectivity index (χ0) is 17.4. The van der Waals surface area contributed by atoms with Gasteiger partial charge in [0, 0.05) is 23.6 Å². The Morgan fingerprint density at radius 2 is 2.08 bits per heavy atom. The molecule has 7 heteroatoms. The Kier molecular flexibility index (Phi) is 6.74. The average Bonchev–Trinajstić information content (AvgIpc) is 2.58. The number of carbonyl (C=O) groups is 2. The number of pyridine rings is 1. The van der Waals surface area contributed by atoms with E-state index in [1.54, 1.807) is 30.5 Å². The molecular formula is C17H17BrN2O4. The van der Waals surface area contributed by atoms with Crippen LogP contribution in [0.3, 0.4) is 0 Å². The molecule has 0 bridgehead atoms. The molecular weight excluding hydrogens is 376 g/mol. The van der Waals surface area contributed by atoms with Crippen molar-refractivity contribution in [3.63, 3.8) is 0 Å². The third-order valence-corrected chi connectivity index (χ3v) is 3.59. The number of hydrogen-bond acceptors (Lipinski definition) is 5. The summed E-state index contributed by atoms with van der Waals surface area (Å²) in [6.07, 6.45) is 2.31. The predicted molar refractivity (Wildman–Crippen MR) is 92.0 cm³/mol. The van der Waals surface area contributed by atoms with Crippen LogP contribution in [0, 0.1) is 0 Å². The summed E-state index contributed by atoms with van der Waals surface area (Å²) in [6, 6.07) is 10.6. The van der Waals surface area contributed by atoms with Crippen LogP contribution in [0.2, 0.25) is 0 Å². The third kappa shape index (κ3) is 5.34. The first-order valence-electron chi connectivity index (χ1n) is 7.33. The first kappa shape index (κ1) is 17.9. The van der Waals surface area contributed by atoms with Gasteiger partial charge < -0.3 is 14.8 Å². The van der Waals surface area contributed by atoms with Gasteiger partial charge in [0.25, 0.3) is 5.91 Å². The molecule has 0 unspecified atom stereocenters. The fourth-order valence-corrected chi connectivity index (χ4v) is 2.30. The lowest BCUT2D eigenvalue weighted by molar-refractivity contribution is -0.140. The minimum absolute atomic E-state index is 0.223. The molecule has 0 atom stereocenters. The van der Waals surface area contributed by atoms with Gasteiger partial charge in [0.05, 0.1) is 7.11 Å². The number of benzene rings is 1. The molecule has 1 N–H and O–H groups in total. The summed E-state index contributed by atoms with van der Waals surface area (Å²) in [4.78, 5) is 27.4. The van der Waals surface area contributed by atoms with E-state index in [1.165, 1.54) is 7.11 Å². The number of carbonyl (C=O) groups excluding carboxylic acids is 2. The lowest BCUT2D eigenvalue weighted by atomic mass is 10.2. The van der Waals surface area contributed by atoms with E-state index in [0.717, 1.165) is 4.47 Å². The molecule has 2 rings (SSSR count). The summed E-state index contributed by atoms with van der Waals surface area (Å²) in [5.41, 5.74) is 0.329. The monoisotopic (exact) mass is 392 g/mol. The second-order valence-corrected chi connectivity index (χ2v) is 5.77. The van der Waals surface area contributed by atoms with Crippen molar-refractivity contribution in [2.24, 2.45) is 0 Å². The van der Waals surface area contributed by atoms with Crippen molar-refractivity contribution in [2.75, 3.05) is 13.7 Å². The third-order valence-electron chi connectivity index (χ3n) is 3.10. The SMILES string of the molecule is COC(=O)CCCNC(=O)c1cccnc1Oc1cccc(Br)c1. The molecule has 0 saturated carbocycles. The number of esters is 1. The molecule has 2 aromatic rings. The van der Waals surface area contributed by atoms with Crippen molar-refractivity contribution in [1.29, 1.82) is 0 Å². The van der Waals surface area contributed by atoms with E-state index in [1.807, 2.05) is 12.1 Å². The Morgan fingerprint density at radius 1 is 1.25 bits per heavy atom. The molecule has 6 nitrogen and oxygen atoms in total.